The lowest BCUT2D eigenvalue weighted by atomic mass is 10.2. The first-order valence-electron chi connectivity index (χ1n) is 5.01. The van der Waals surface area contributed by atoms with Crippen LogP contribution in [0.1, 0.15) is 11.1 Å². The Labute approximate surface area is 109 Å². The Balaban J connectivity index is 2.07. The topological polar surface area (TPSA) is 35.0 Å². The van der Waals surface area contributed by atoms with Crippen molar-refractivity contribution < 1.29 is 4.74 Å². The summed E-state index contributed by atoms with van der Waals surface area (Å²) in [5.74, 6) is 0.500. The molecular formula is C12H10Cl2N2O. The average Bonchev–Trinajstić information content (AvgIpc) is 2.32. The van der Waals surface area contributed by atoms with Gasteiger partial charge in [0.25, 0.3) is 0 Å². The van der Waals surface area contributed by atoms with E-state index in [2.05, 4.69) is 9.97 Å². The molecule has 0 aliphatic rings. The molecule has 0 saturated heterocycles. The van der Waals surface area contributed by atoms with Gasteiger partial charge >= 0.3 is 0 Å². The quantitative estimate of drug-likeness (QED) is 0.797. The zero-order chi connectivity index (χ0) is 12.3. The second kappa shape index (κ2) is 5.34. The monoisotopic (exact) mass is 268 g/mol. The van der Waals surface area contributed by atoms with E-state index in [1.807, 2.05) is 31.2 Å². The smallest absolute Gasteiger partial charge is 0.225 e. The molecule has 0 spiro atoms. The first-order chi connectivity index (χ1) is 8.15. The predicted octanol–water partition coefficient (Wildman–Crippen LogP) is 3.67. The van der Waals surface area contributed by atoms with Crippen molar-refractivity contribution in [2.45, 2.75) is 13.5 Å². The van der Waals surface area contributed by atoms with Crippen LogP contribution in [0.25, 0.3) is 0 Å². The maximum Gasteiger partial charge on any atom is 0.225 e. The minimum atomic E-state index is 0.182. The zero-order valence-corrected chi connectivity index (χ0v) is 10.7. The van der Waals surface area contributed by atoms with Crippen LogP contribution in [0.15, 0.2) is 30.5 Å². The second-order valence-electron chi connectivity index (χ2n) is 3.54. The summed E-state index contributed by atoms with van der Waals surface area (Å²) in [6.45, 7) is 2.29. The van der Waals surface area contributed by atoms with Crippen molar-refractivity contribution in [2.75, 3.05) is 0 Å². The van der Waals surface area contributed by atoms with E-state index in [0.717, 1.165) is 11.1 Å². The van der Waals surface area contributed by atoms with E-state index >= 15 is 0 Å². The lowest BCUT2D eigenvalue weighted by molar-refractivity contribution is 0.291. The summed E-state index contributed by atoms with van der Waals surface area (Å²) in [5.41, 5.74) is 1.87. The molecule has 17 heavy (non-hydrogen) atoms. The molecular weight excluding hydrogens is 259 g/mol. The molecule has 2 rings (SSSR count). The lowest BCUT2D eigenvalue weighted by Crippen LogP contribution is -2.00. The molecule has 3 nitrogen and oxygen atoms in total. The van der Waals surface area contributed by atoms with E-state index in [1.165, 1.54) is 0 Å². The summed E-state index contributed by atoms with van der Waals surface area (Å²) in [6, 6.07) is 7.45. The molecule has 0 bridgehead atoms. The van der Waals surface area contributed by atoms with Crippen molar-refractivity contribution in [3.63, 3.8) is 0 Å². The summed E-state index contributed by atoms with van der Waals surface area (Å²) < 4.78 is 5.56. The van der Waals surface area contributed by atoms with E-state index in [9.17, 15) is 0 Å². The first kappa shape index (κ1) is 12.1. The van der Waals surface area contributed by atoms with Gasteiger partial charge in [-0.05, 0) is 36.2 Å². The second-order valence-corrected chi connectivity index (χ2v) is 4.32. The number of halogens is 2. The third-order valence-corrected chi connectivity index (χ3v) is 2.62. The predicted molar refractivity (Wildman–Crippen MR) is 67.6 cm³/mol. The van der Waals surface area contributed by atoms with E-state index in [4.69, 9.17) is 27.9 Å². The fourth-order valence-corrected chi connectivity index (χ4v) is 1.54. The van der Waals surface area contributed by atoms with Crippen molar-refractivity contribution in [3.8, 4) is 5.88 Å². The Hall–Kier alpha value is -1.32. The summed E-state index contributed by atoms with van der Waals surface area (Å²) in [7, 11) is 0. The highest BCUT2D eigenvalue weighted by molar-refractivity contribution is 6.30. The van der Waals surface area contributed by atoms with E-state index in [1.54, 1.807) is 6.20 Å². The number of aromatic nitrogens is 2. The van der Waals surface area contributed by atoms with Gasteiger partial charge in [0.05, 0.1) is 0 Å². The highest BCUT2D eigenvalue weighted by Gasteiger charge is 2.04. The molecule has 0 unspecified atom stereocenters. The molecule has 1 heterocycles. The molecule has 0 radical (unpaired) electrons. The molecule has 0 aliphatic carbocycles. The molecule has 1 aromatic heterocycles. The molecule has 0 amide bonds. The third kappa shape index (κ3) is 3.32. The normalized spacial score (nSPS) is 10.3. The number of hydrogen-bond donors (Lipinski definition) is 0. The van der Waals surface area contributed by atoms with Crippen LogP contribution < -0.4 is 4.74 Å². The molecule has 0 saturated carbocycles. The van der Waals surface area contributed by atoms with Crippen LogP contribution in [0.3, 0.4) is 0 Å². The fourth-order valence-electron chi connectivity index (χ4n) is 1.28. The number of hydrogen-bond acceptors (Lipinski definition) is 3. The van der Waals surface area contributed by atoms with Crippen LogP contribution in [-0.4, -0.2) is 9.97 Å². The van der Waals surface area contributed by atoms with Crippen LogP contribution in [-0.2, 0) is 6.61 Å². The van der Waals surface area contributed by atoms with Gasteiger partial charge in [-0.2, -0.15) is 4.98 Å². The van der Waals surface area contributed by atoms with Crippen molar-refractivity contribution in [1.29, 1.82) is 0 Å². The van der Waals surface area contributed by atoms with Crippen LogP contribution in [0.4, 0.5) is 0 Å². The number of rotatable bonds is 3. The van der Waals surface area contributed by atoms with Crippen LogP contribution >= 0.6 is 23.2 Å². The summed E-state index contributed by atoms with van der Waals surface area (Å²) in [5, 5.41) is 0.886. The highest BCUT2D eigenvalue weighted by Crippen LogP contribution is 2.17. The molecule has 88 valence electrons. The summed E-state index contributed by atoms with van der Waals surface area (Å²) in [4.78, 5) is 7.87. The zero-order valence-electron chi connectivity index (χ0n) is 9.15. The molecule has 1 aromatic carbocycles. The van der Waals surface area contributed by atoms with Crippen molar-refractivity contribution in [2.24, 2.45) is 0 Å². The molecule has 2 aromatic rings. The van der Waals surface area contributed by atoms with Crippen LogP contribution in [0.5, 0.6) is 5.88 Å². The third-order valence-electron chi connectivity index (χ3n) is 2.18. The number of aryl methyl sites for hydroxylation is 1. The standard InChI is InChI=1S/C12H10Cl2N2O/c1-8-6-15-12(14)16-11(8)17-7-9-2-4-10(13)5-3-9/h2-6H,7H2,1H3. The fraction of sp³-hybridized carbons (Fsp3) is 0.167. The van der Waals surface area contributed by atoms with Crippen molar-refractivity contribution in [3.05, 3.63) is 51.9 Å². The van der Waals surface area contributed by atoms with Crippen LogP contribution in [0.2, 0.25) is 10.3 Å². The maximum absolute atomic E-state index is 5.80. The lowest BCUT2D eigenvalue weighted by Gasteiger charge is -2.07. The Morgan fingerprint density at radius 3 is 2.59 bits per heavy atom. The van der Waals surface area contributed by atoms with Crippen LogP contribution in [0, 0.1) is 6.92 Å². The average molecular weight is 269 g/mol. The van der Waals surface area contributed by atoms with Gasteiger partial charge in [0, 0.05) is 16.8 Å². The summed E-state index contributed by atoms with van der Waals surface area (Å²) in [6.07, 6.45) is 1.63. The van der Waals surface area contributed by atoms with Crippen molar-refractivity contribution >= 4 is 23.2 Å². The van der Waals surface area contributed by atoms with Gasteiger partial charge in [-0.15, -0.1) is 0 Å². The Kier molecular flexibility index (Phi) is 3.82. The number of nitrogens with zero attached hydrogens (tertiary/aromatic N) is 2. The SMILES string of the molecule is Cc1cnc(Cl)nc1OCc1ccc(Cl)cc1. The van der Waals surface area contributed by atoms with Crippen molar-refractivity contribution in [1.82, 2.24) is 9.97 Å². The minimum absolute atomic E-state index is 0.182. The van der Waals surface area contributed by atoms with E-state index in [-0.39, 0.29) is 5.28 Å². The van der Waals surface area contributed by atoms with Gasteiger partial charge in [0.15, 0.2) is 0 Å². The Morgan fingerprint density at radius 1 is 1.18 bits per heavy atom. The number of benzene rings is 1. The first-order valence-corrected chi connectivity index (χ1v) is 5.77. The molecule has 5 heteroatoms. The van der Waals surface area contributed by atoms with Gasteiger partial charge in [0.1, 0.15) is 6.61 Å². The minimum Gasteiger partial charge on any atom is -0.472 e. The van der Waals surface area contributed by atoms with E-state index in [0.29, 0.717) is 17.5 Å². The van der Waals surface area contributed by atoms with Gasteiger partial charge in [0.2, 0.25) is 11.2 Å². The molecule has 0 aliphatic heterocycles. The maximum atomic E-state index is 5.80. The Bertz CT molecular complexity index is 514. The van der Waals surface area contributed by atoms with Gasteiger partial charge < -0.3 is 4.74 Å². The molecule has 0 fully saturated rings. The highest BCUT2D eigenvalue weighted by atomic mass is 35.5. The van der Waals surface area contributed by atoms with Gasteiger partial charge in [-0.1, -0.05) is 23.7 Å². The van der Waals surface area contributed by atoms with E-state index < -0.39 is 0 Å². The largest absolute Gasteiger partial charge is 0.472 e. The number of ether oxygens (including phenoxy) is 1. The molecule has 0 N–H and O–H groups in total. The summed E-state index contributed by atoms with van der Waals surface area (Å²) >= 11 is 11.5. The van der Waals surface area contributed by atoms with Gasteiger partial charge in [-0.25, -0.2) is 4.98 Å². The Morgan fingerprint density at radius 2 is 1.88 bits per heavy atom. The van der Waals surface area contributed by atoms with Gasteiger partial charge in [-0.3, -0.25) is 0 Å². The molecule has 0 atom stereocenters.